The molecule has 0 saturated heterocycles. The molecule has 0 radical (unpaired) electrons. The first-order valence-corrected chi connectivity index (χ1v) is 9.37. The number of aromatic nitrogens is 2. The summed E-state index contributed by atoms with van der Waals surface area (Å²) in [6.45, 7) is 2.26. The summed E-state index contributed by atoms with van der Waals surface area (Å²) in [4.78, 5) is 20.6. The molecule has 1 aromatic carbocycles. The maximum Gasteiger partial charge on any atom is 0.416 e. The van der Waals surface area contributed by atoms with Crippen LogP contribution in [0.25, 0.3) is 10.6 Å². The van der Waals surface area contributed by atoms with Crippen molar-refractivity contribution in [1.29, 1.82) is 0 Å². The number of alkyl halides is 3. The number of nitrogens with zero attached hydrogens (tertiary/aromatic N) is 2. The van der Waals surface area contributed by atoms with Crippen molar-refractivity contribution in [2.45, 2.75) is 26.1 Å². The Bertz CT molecular complexity index is 901. The van der Waals surface area contributed by atoms with Crippen LogP contribution in [0.4, 0.5) is 13.2 Å². The number of thiazole rings is 2. The van der Waals surface area contributed by atoms with Crippen molar-refractivity contribution < 1.29 is 18.0 Å². The quantitative estimate of drug-likeness (QED) is 0.692. The average molecular weight is 397 g/mol. The summed E-state index contributed by atoms with van der Waals surface area (Å²) in [6.07, 6.45) is -4.25. The number of benzene rings is 1. The highest BCUT2D eigenvalue weighted by molar-refractivity contribution is 7.13. The molecule has 0 spiro atoms. The van der Waals surface area contributed by atoms with Crippen LogP contribution >= 0.6 is 22.7 Å². The summed E-state index contributed by atoms with van der Waals surface area (Å²) in [5, 5.41) is 7.85. The van der Waals surface area contributed by atoms with Gasteiger partial charge in [-0.1, -0.05) is 12.1 Å². The molecule has 0 saturated carbocycles. The summed E-state index contributed by atoms with van der Waals surface area (Å²) < 4.78 is 37.8. The third-order valence-corrected chi connectivity index (χ3v) is 5.36. The summed E-state index contributed by atoms with van der Waals surface area (Å²) >= 11 is 2.78. The van der Waals surface area contributed by atoms with E-state index in [2.05, 4.69) is 15.3 Å². The van der Waals surface area contributed by atoms with Gasteiger partial charge in [0.05, 0.1) is 24.2 Å². The summed E-state index contributed by atoms with van der Waals surface area (Å²) in [7, 11) is 0. The van der Waals surface area contributed by atoms with E-state index in [4.69, 9.17) is 0 Å². The maximum absolute atomic E-state index is 12.6. The van der Waals surface area contributed by atoms with Gasteiger partial charge in [0.1, 0.15) is 10.0 Å². The Morgan fingerprint density at radius 3 is 2.46 bits per heavy atom. The lowest BCUT2D eigenvalue weighted by Crippen LogP contribution is -2.24. The van der Waals surface area contributed by atoms with Gasteiger partial charge in [-0.2, -0.15) is 13.2 Å². The van der Waals surface area contributed by atoms with Gasteiger partial charge in [0.2, 0.25) is 5.91 Å². The first-order valence-electron chi connectivity index (χ1n) is 7.61. The molecular formula is C17H14F3N3OS2. The number of halogens is 3. The van der Waals surface area contributed by atoms with E-state index in [0.717, 1.165) is 22.8 Å². The molecule has 26 heavy (non-hydrogen) atoms. The highest BCUT2D eigenvalue weighted by Gasteiger charge is 2.30. The van der Waals surface area contributed by atoms with Crippen molar-refractivity contribution in [2.24, 2.45) is 0 Å². The lowest BCUT2D eigenvalue weighted by Gasteiger charge is -2.06. The van der Waals surface area contributed by atoms with E-state index in [9.17, 15) is 18.0 Å². The summed E-state index contributed by atoms with van der Waals surface area (Å²) in [5.74, 6) is -0.179. The Morgan fingerprint density at radius 2 is 1.85 bits per heavy atom. The monoisotopic (exact) mass is 397 g/mol. The zero-order chi connectivity index (χ0) is 18.7. The SMILES string of the molecule is Cc1csc(CNC(=O)Cc2csc(-c3ccc(C(F)(F)F)cc3)n2)n1. The zero-order valence-electron chi connectivity index (χ0n) is 13.6. The van der Waals surface area contributed by atoms with E-state index in [1.807, 2.05) is 12.3 Å². The minimum absolute atomic E-state index is 0.113. The minimum atomic E-state index is -4.36. The van der Waals surface area contributed by atoms with Gasteiger partial charge in [0.25, 0.3) is 0 Å². The first kappa shape index (κ1) is 18.5. The van der Waals surface area contributed by atoms with Crippen molar-refractivity contribution in [1.82, 2.24) is 15.3 Å². The van der Waals surface area contributed by atoms with Gasteiger partial charge in [-0.15, -0.1) is 22.7 Å². The number of nitrogens with one attached hydrogen (secondary N) is 1. The van der Waals surface area contributed by atoms with E-state index in [1.54, 1.807) is 5.38 Å². The van der Waals surface area contributed by atoms with Gasteiger partial charge in [0.15, 0.2) is 0 Å². The molecule has 136 valence electrons. The first-order chi connectivity index (χ1) is 12.3. The lowest BCUT2D eigenvalue weighted by molar-refractivity contribution is -0.137. The van der Waals surface area contributed by atoms with Crippen LogP contribution < -0.4 is 5.32 Å². The minimum Gasteiger partial charge on any atom is -0.349 e. The van der Waals surface area contributed by atoms with Gasteiger partial charge in [-0.05, 0) is 19.1 Å². The van der Waals surface area contributed by atoms with Crippen molar-refractivity contribution in [3.8, 4) is 10.6 Å². The normalized spacial score (nSPS) is 11.5. The summed E-state index contributed by atoms with van der Waals surface area (Å²) in [5.41, 5.74) is 1.39. The van der Waals surface area contributed by atoms with Crippen LogP contribution in [0.2, 0.25) is 0 Å². The van der Waals surface area contributed by atoms with Crippen LogP contribution in [0.5, 0.6) is 0 Å². The van der Waals surface area contributed by atoms with E-state index < -0.39 is 11.7 Å². The Balaban J connectivity index is 1.59. The molecule has 1 amide bonds. The number of amides is 1. The molecule has 0 unspecified atom stereocenters. The Morgan fingerprint density at radius 1 is 1.12 bits per heavy atom. The van der Waals surface area contributed by atoms with E-state index >= 15 is 0 Å². The average Bonchev–Trinajstić information content (AvgIpc) is 3.21. The van der Waals surface area contributed by atoms with E-state index in [-0.39, 0.29) is 12.3 Å². The number of aryl methyl sites for hydroxylation is 1. The fourth-order valence-corrected chi connectivity index (χ4v) is 3.74. The second-order valence-corrected chi connectivity index (χ2v) is 7.36. The number of carbonyl (C=O) groups is 1. The molecule has 9 heteroatoms. The molecule has 0 fully saturated rings. The van der Waals surface area contributed by atoms with Crippen LogP contribution in [-0.2, 0) is 23.9 Å². The number of hydrogen-bond donors (Lipinski definition) is 1. The van der Waals surface area contributed by atoms with Gasteiger partial charge < -0.3 is 5.32 Å². The van der Waals surface area contributed by atoms with Crippen molar-refractivity contribution in [3.05, 3.63) is 57.0 Å². The largest absolute Gasteiger partial charge is 0.416 e. The molecule has 2 heterocycles. The molecule has 0 aliphatic carbocycles. The zero-order valence-corrected chi connectivity index (χ0v) is 15.3. The standard InChI is InChI=1S/C17H14F3N3OS2/c1-10-8-25-15(22-10)7-21-14(24)6-13-9-26-16(23-13)11-2-4-12(5-3-11)17(18,19)20/h2-5,8-9H,6-7H2,1H3,(H,21,24). The smallest absolute Gasteiger partial charge is 0.349 e. The third kappa shape index (κ3) is 4.67. The predicted molar refractivity (Wildman–Crippen MR) is 95.0 cm³/mol. The second kappa shape index (κ2) is 7.55. The number of rotatable bonds is 5. The highest BCUT2D eigenvalue weighted by Crippen LogP contribution is 2.31. The fourth-order valence-electron chi connectivity index (χ4n) is 2.21. The topological polar surface area (TPSA) is 54.9 Å². The molecule has 0 atom stereocenters. The number of hydrogen-bond acceptors (Lipinski definition) is 5. The Hall–Kier alpha value is -2.26. The van der Waals surface area contributed by atoms with Crippen LogP contribution in [0, 0.1) is 6.92 Å². The molecule has 2 aromatic heterocycles. The van der Waals surface area contributed by atoms with Crippen molar-refractivity contribution in [2.75, 3.05) is 0 Å². The Labute approximate surface area is 155 Å². The number of carbonyl (C=O) groups excluding carboxylic acids is 1. The summed E-state index contributed by atoms with van der Waals surface area (Å²) in [6, 6.07) is 4.82. The second-order valence-electron chi connectivity index (χ2n) is 5.56. The van der Waals surface area contributed by atoms with Crippen LogP contribution in [-0.4, -0.2) is 15.9 Å². The van der Waals surface area contributed by atoms with Gasteiger partial charge in [-0.25, -0.2) is 9.97 Å². The third-order valence-electron chi connectivity index (χ3n) is 3.46. The molecule has 0 bridgehead atoms. The fraction of sp³-hybridized carbons (Fsp3) is 0.235. The van der Waals surface area contributed by atoms with Gasteiger partial charge in [-0.3, -0.25) is 4.79 Å². The predicted octanol–water partition coefficient (Wildman–Crippen LogP) is 4.45. The Kier molecular flexibility index (Phi) is 5.38. The molecule has 0 aliphatic rings. The lowest BCUT2D eigenvalue weighted by atomic mass is 10.1. The highest BCUT2D eigenvalue weighted by atomic mass is 32.1. The molecule has 1 N–H and O–H groups in total. The van der Waals surface area contributed by atoms with Crippen molar-refractivity contribution >= 4 is 28.6 Å². The van der Waals surface area contributed by atoms with Crippen LogP contribution in [0.3, 0.4) is 0 Å². The van der Waals surface area contributed by atoms with Crippen LogP contribution in [0.1, 0.15) is 22.0 Å². The van der Waals surface area contributed by atoms with E-state index in [1.165, 1.54) is 34.8 Å². The van der Waals surface area contributed by atoms with Crippen molar-refractivity contribution in [3.63, 3.8) is 0 Å². The molecular weight excluding hydrogens is 383 g/mol. The van der Waals surface area contributed by atoms with Crippen LogP contribution in [0.15, 0.2) is 35.0 Å². The molecule has 4 nitrogen and oxygen atoms in total. The maximum atomic E-state index is 12.6. The van der Waals surface area contributed by atoms with E-state index in [0.29, 0.717) is 22.8 Å². The van der Waals surface area contributed by atoms with Gasteiger partial charge >= 0.3 is 6.18 Å². The molecule has 3 rings (SSSR count). The molecule has 3 aromatic rings. The van der Waals surface area contributed by atoms with Gasteiger partial charge in [0, 0.05) is 22.0 Å². The molecule has 0 aliphatic heterocycles.